The molecule has 2 rings (SSSR count). The second-order valence-corrected chi connectivity index (χ2v) is 6.04. The third kappa shape index (κ3) is 6.79. The fraction of sp³-hybridized carbons (Fsp3) is 0.158. The highest BCUT2D eigenvalue weighted by Gasteiger charge is 2.36. The molecule has 0 saturated heterocycles. The van der Waals surface area contributed by atoms with E-state index in [9.17, 15) is 22.8 Å². The fourth-order valence-electron chi connectivity index (χ4n) is 2.17. The van der Waals surface area contributed by atoms with Gasteiger partial charge in [0.1, 0.15) is 6.04 Å². The number of benzene rings is 2. The molecule has 2 N–H and O–H groups in total. The smallest absolute Gasteiger partial charge is 0.379 e. The maximum Gasteiger partial charge on any atom is 0.454 e. The summed E-state index contributed by atoms with van der Waals surface area (Å²) in [6, 6.07) is 14.5. The zero-order chi connectivity index (χ0) is 19.9. The molecule has 0 fully saturated rings. The lowest BCUT2D eigenvalue weighted by Gasteiger charge is -2.17. The van der Waals surface area contributed by atoms with E-state index in [0.29, 0.717) is 16.8 Å². The van der Waals surface area contributed by atoms with E-state index in [2.05, 4.69) is 10.6 Å². The largest absolute Gasteiger partial charge is 0.454 e. The molecule has 0 radical (unpaired) electrons. The Morgan fingerprint density at radius 1 is 1.04 bits per heavy atom. The van der Waals surface area contributed by atoms with Gasteiger partial charge in [0.2, 0.25) is 5.91 Å². The zero-order valence-corrected chi connectivity index (χ0v) is 14.7. The van der Waals surface area contributed by atoms with Gasteiger partial charge in [-0.15, -0.1) is 0 Å². The van der Waals surface area contributed by atoms with Gasteiger partial charge < -0.3 is 10.6 Å². The summed E-state index contributed by atoms with van der Waals surface area (Å²) in [7, 11) is 0. The fourth-order valence-corrected chi connectivity index (χ4v) is 2.30. The normalized spacial score (nSPS) is 12.6. The third-order valence-electron chi connectivity index (χ3n) is 3.52. The summed E-state index contributed by atoms with van der Waals surface area (Å²) in [5.74, 6) is -2.48. The van der Waals surface area contributed by atoms with Gasteiger partial charge in [-0.1, -0.05) is 41.9 Å². The Labute approximate surface area is 159 Å². The van der Waals surface area contributed by atoms with Crippen LogP contribution in [0.15, 0.2) is 66.9 Å². The number of allylic oxidation sites excluding steroid dienone is 1. The second-order valence-electron chi connectivity index (χ2n) is 5.60. The Hall–Kier alpha value is -2.80. The number of alkyl halides is 3. The average Bonchev–Trinajstić information content (AvgIpc) is 2.62. The summed E-state index contributed by atoms with van der Waals surface area (Å²) in [4.78, 5) is 23.5. The zero-order valence-electron chi connectivity index (χ0n) is 14.0. The predicted octanol–water partition coefficient (Wildman–Crippen LogP) is 4.12. The van der Waals surface area contributed by atoms with E-state index >= 15 is 0 Å². The Morgan fingerprint density at radius 2 is 1.67 bits per heavy atom. The number of carbonyl (C=O) groups excluding carboxylic acids is 2. The number of halogens is 4. The van der Waals surface area contributed by atoms with Crippen molar-refractivity contribution in [2.45, 2.75) is 18.6 Å². The standard InChI is InChI=1S/C19H16ClF3N2O2/c20-14-6-8-15(9-7-14)25-18(27)16(12-13-4-2-1-3-5-13)24-11-10-17(26)19(21,22)23/h1-11,16,24H,12H2,(H,25,27)/b11-10+. The van der Waals surface area contributed by atoms with Crippen molar-refractivity contribution in [1.29, 1.82) is 0 Å². The minimum absolute atomic E-state index is 0.213. The van der Waals surface area contributed by atoms with Crippen molar-refractivity contribution in [3.05, 3.63) is 77.5 Å². The maximum absolute atomic E-state index is 12.5. The third-order valence-corrected chi connectivity index (χ3v) is 3.77. The number of hydrogen-bond acceptors (Lipinski definition) is 3. The molecule has 142 valence electrons. The van der Waals surface area contributed by atoms with Crippen LogP contribution in [0.5, 0.6) is 0 Å². The van der Waals surface area contributed by atoms with Crippen molar-refractivity contribution < 1.29 is 22.8 Å². The van der Waals surface area contributed by atoms with Gasteiger partial charge >= 0.3 is 6.18 Å². The summed E-state index contributed by atoms with van der Waals surface area (Å²) >= 11 is 5.80. The summed E-state index contributed by atoms with van der Waals surface area (Å²) in [5, 5.41) is 5.72. The number of carbonyl (C=O) groups is 2. The molecule has 4 nitrogen and oxygen atoms in total. The second kappa shape index (κ2) is 9.23. The average molecular weight is 397 g/mol. The number of hydrogen-bond donors (Lipinski definition) is 2. The van der Waals surface area contributed by atoms with E-state index in [-0.39, 0.29) is 6.42 Å². The number of nitrogens with one attached hydrogen (secondary N) is 2. The van der Waals surface area contributed by atoms with Crippen molar-refractivity contribution in [1.82, 2.24) is 5.32 Å². The van der Waals surface area contributed by atoms with Gasteiger partial charge in [-0.2, -0.15) is 13.2 Å². The molecular formula is C19H16ClF3N2O2. The van der Waals surface area contributed by atoms with E-state index in [1.165, 1.54) is 0 Å². The summed E-state index contributed by atoms with van der Waals surface area (Å²) in [6.45, 7) is 0. The molecule has 1 atom stereocenters. The molecule has 0 aliphatic heterocycles. The van der Waals surface area contributed by atoms with Crippen LogP contribution in [0.25, 0.3) is 0 Å². The van der Waals surface area contributed by atoms with Crippen LogP contribution in [-0.4, -0.2) is 23.9 Å². The SMILES string of the molecule is O=C(Nc1ccc(Cl)cc1)C(Cc1ccccc1)N/C=C/C(=O)C(F)(F)F. The summed E-state index contributed by atoms with van der Waals surface area (Å²) in [6.07, 6.45) is -3.55. The van der Waals surface area contributed by atoms with Gasteiger partial charge in [-0.05, 0) is 29.8 Å². The van der Waals surface area contributed by atoms with Crippen LogP contribution < -0.4 is 10.6 Å². The van der Waals surface area contributed by atoms with Crippen LogP contribution in [-0.2, 0) is 16.0 Å². The van der Waals surface area contributed by atoms with Crippen LogP contribution in [0.3, 0.4) is 0 Å². The van der Waals surface area contributed by atoms with E-state index in [4.69, 9.17) is 11.6 Å². The first-order valence-electron chi connectivity index (χ1n) is 7.90. The molecular weight excluding hydrogens is 381 g/mol. The van der Waals surface area contributed by atoms with Crippen LogP contribution in [0.4, 0.5) is 18.9 Å². The van der Waals surface area contributed by atoms with Crippen LogP contribution in [0, 0.1) is 0 Å². The van der Waals surface area contributed by atoms with Gasteiger partial charge in [-0.3, -0.25) is 9.59 Å². The van der Waals surface area contributed by atoms with E-state index in [1.54, 1.807) is 48.5 Å². The molecule has 0 saturated carbocycles. The Balaban J connectivity index is 2.10. The molecule has 0 spiro atoms. The Bertz CT molecular complexity index is 806. The molecule has 8 heteroatoms. The predicted molar refractivity (Wildman–Crippen MR) is 97.4 cm³/mol. The van der Waals surface area contributed by atoms with E-state index < -0.39 is 23.9 Å². The minimum atomic E-state index is -4.96. The van der Waals surface area contributed by atoms with Gasteiger partial charge in [0.15, 0.2) is 0 Å². The van der Waals surface area contributed by atoms with Crippen molar-refractivity contribution in [2.24, 2.45) is 0 Å². The topological polar surface area (TPSA) is 58.2 Å². The van der Waals surface area contributed by atoms with Crippen molar-refractivity contribution >= 4 is 29.0 Å². The number of rotatable bonds is 7. The minimum Gasteiger partial charge on any atom is -0.379 e. The quantitative estimate of drug-likeness (QED) is 0.692. The van der Waals surface area contributed by atoms with E-state index in [1.807, 2.05) is 6.07 Å². The Morgan fingerprint density at radius 3 is 2.26 bits per heavy atom. The number of anilines is 1. The number of amides is 1. The maximum atomic E-state index is 12.5. The molecule has 1 unspecified atom stereocenters. The van der Waals surface area contributed by atoms with Crippen LogP contribution in [0.1, 0.15) is 5.56 Å². The monoisotopic (exact) mass is 396 g/mol. The molecule has 2 aromatic carbocycles. The van der Waals surface area contributed by atoms with Gasteiger partial charge in [0.05, 0.1) is 0 Å². The van der Waals surface area contributed by atoms with Gasteiger partial charge in [-0.25, -0.2) is 0 Å². The highest BCUT2D eigenvalue weighted by molar-refractivity contribution is 6.30. The highest BCUT2D eigenvalue weighted by Crippen LogP contribution is 2.16. The van der Waals surface area contributed by atoms with E-state index in [0.717, 1.165) is 11.8 Å². The first-order valence-corrected chi connectivity index (χ1v) is 8.27. The van der Waals surface area contributed by atoms with Crippen LogP contribution in [0.2, 0.25) is 5.02 Å². The van der Waals surface area contributed by atoms with Crippen molar-refractivity contribution in [3.8, 4) is 0 Å². The first-order chi connectivity index (χ1) is 12.8. The summed E-state index contributed by atoms with van der Waals surface area (Å²) in [5.41, 5.74) is 1.29. The lowest BCUT2D eigenvalue weighted by atomic mass is 10.1. The molecule has 0 aliphatic carbocycles. The first kappa shape index (κ1) is 20.5. The molecule has 0 aliphatic rings. The molecule has 0 bridgehead atoms. The molecule has 2 aromatic rings. The lowest BCUT2D eigenvalue weighted by Crippen LogP contribution is -2.39. The highest BCUT2D eigenvalue weighted by atomic mass is 35.5. The van der Waals surface area contributed by atoms with Crippen molar-refractivity contribution in [3.63, 3.8) is 0 Å². The molecule has 27 heavy (non-hydrogen) atoms. The van der Waals surface area contributed by atoms with Gasteiger partial charge in [0, 0.05) is 29.4 Å². The molecule has 0 aromatic heterocycles. The Kier molecular flexibility index (Phi) is 7.01. The lowest BCUT2D eigenvalue weighted by molar-refractivity contribution is -0.165. The molecule has 1 amide bonds. The molecule has 0 heterocycles. The van der Waals surface area contributed by atoms with Crippen molar-refractivity contribution in [2.75, 3.05) is 5.32 Å². The number of ketones is 1. The van der Waals surface area contributed by atoms with Gasteiger partial charge in [0.25, 0.3) is 5.78 Å². The van der Waals surface area contributed by atoms with Crippen LogP contribution >= 0.6 is 11.6 Å². The summed E-state index contributed by atoms with van der Waals surface area (Å²) < 4.78 is 36.8.